The third kappa shape index (κ3) is 1.09. The van der Waals surface area contributed by atoms with Crippen molar-refractivity contribution in [2.24, 2.45) is 17.6 Å². The molecule has 54 valence electrons. The van der Waals surface area contributed by atoms with Crippen LogP contribution < -0.4 is 11.1 Å². The minimum atomic E-state index is -0.378. The molecule has 1 aliphatic heterocycles. The van der Waals surface area contributed by atoms with E-state index in [1.807, 2.05) is 6.07 Å². The van der Waals surface area contributed by atoms with E-state index in [0.717, 1.165) is 0 Å². The van der Waals surface area contributed by atoms with Crippen molar-refractivity contribution in [3.05, 3.63) is 0 Å². The first-order valence-electron chi connectivity index (χ1n) is 3.15. The highest BCUT2D eigenvalue weighted by Crippen LogP contribution is 2.14. The van der Waals surface area contributed by atoms with Gasteiger partial charge >= 0.3 is 0 Å². The van der Waals surface area contributed by atoms with Crippen LogP contribution in [0.5, 0.6) is 0 Å². The predicted octanol–water partition coefficient (Wildman–Crippen LogP) is -1.17. The minimum absolute atomic E-state index is 0.225. The maximum atomic E-state index is 10.6. The summed E-state index contributed by atoms with van der Waals surface area (Å²) in [6.07, 6.45) is 0. The molecule has 0 radical (unpaired) electrons. The molecule has 0 bridgehead atoms. The molecule has 4 heteroatoms. The fraction of sp³-hybridized carbons (Fsp3) is 0.667. The Morgan fingerprint density at radius 2 is 2.40 bits per heavy atom. The SMILES string of the molecule is N#CC1CNCC1C(N)=O. The second-order valence-electron chi connectivity index (χ2n) is 2.40. The number of amides is 1. The van der Waals surface area contributed by atoms with E-state index < -0.39 is 0 Å². The van der Waals surface area contributed by atoms with Gasteiger partial charge in [0.1, 0.15) is 0 Å². The number of primary amides is 1. The fourth-order valence-corrected chi connectivity index (χ4v) is 1.11. The van der Waals surface area contributed by atoms with Gasteiger partial charge in [-0.05, 0) is 0 Å². The first kappa shape index (κ1) is 7.03. The van der Waals surface area contributed by atoms with Crippen molar-refractivity contribution >= 4 is 5.91 Å². The summed E-state index contributed by atoms with van der Waals surface area (Å²) < 4.78 is 0. The third-order valence-electron chi connectivity index (χ3n) is 1.75. The standard InChI is InChI=1S/C6H9N3O/c7-1-4-2-9-3-5(4)6(8)10/h4-5,9H,2-3H2,(H2,8,10). The van der Waals surface area contributed by atoms with Gasteiger partial charge in [-0.2, -0.15) is 5.26 Å². The van der Waals surface area contributed by atoms with E-state index >= 15 is 0 Å². The number of rotatable bonds is 1. The maximum absolute atomic E-state index is 10.6. The fourth-order valence-electron chi connectivity index (χ4n) is 1.11. The molecule has 4 nitrogen and oxygen atoms in total. The van der Waals surface area contributed by atoms with Gasteiger partial charge in [0.25, 0.3) is 0 Å². The smallest absolute Gasteiger partial charge is 0.223 e. The number of carbonyl (C=O) groups excluding carboxylic acids is 1. The van der Waals surface area contributed by atoms with Crippen molar-refractivity contribution in [3.63, 3.8) is 0 Å². The van der Waals surface area contributed by atoms with Crippen molar-refractivity contribution in [2.75, 3.05) is 13.1 Å². The molecule has 1 heterocycles. The zero-order valence-corrected chi connectivity index (χ0v) is 5.50. The van der Waals surface area contributed by atoms with Crippen LogP contribution in [0.15, 0.2) is 0 Å². The van der Waals surface area contributed by atoms with Gasteiger partial charge in [0.2, 0.25) is 5.91 Å². The zero-order chi connectivity index (χ0) is 7.56. The van der Waals surface area contributed by atoms with Crippen molar-refractivity contribution in [2.45, 2.75) is 0 Å². The van der Waals surface area contributed by atoms with Crippen LogP contribution in [0.2, 0.25) is 0 Å². The Balaban J connectivity index is 2.61. The summed E-state index contributed by atoms with van der Waals surface area (Å²) in [5.41, 5.74) is 5.03. The number of nitrogens with two attached hydrogens (primary N) is 1. The summed E-state index contributed by atoms with van der Waals surface area (Å²) in [5.74, 6) is -0.890. The number of nitriles is 1. The molecule has 0 spiro atoms. The first-order chi connectivity index (χ1) is 4.75. The zero-order valence-electron chi connectivity index (χ0n) is 5.50. The molecule has 0 saturated carbocycles. The highest BCUT2D eigenvalue weighted by Gasteiger charge is 2.30. The summed E-state index contributed by atoms with van der Waals surface area (Å²) in [6.45, 7) is 1.14. The highest BCUT2D eigenvalue weighted by molar-refractivity contribution is 5.78. The molecular formula is C6H9N3O. The van der Waals surface area contributed by atoms with E-state index in [4.69, 9.17) is 11.0 Å². The van der Waals surface area contributed by atoms with Gasteiger partial charge in [0, 0.05) is 13.1 Å². The Hall–Kier alpha value is -1.08. The molecule has 1 fully saturated rings. The quantitative estimate of drug-likeness (QED) is 0.480. The molecule has 1 amide bonds. The topological polar surface area (TPSA) is 78.9 Å². The van der Waals surface area contributed by atoms with Crippen LogP contribution in [-0.4, -0.2) is 19.0 Å². The molecule has 2 unspecified atom stereocenters. The lowest BCUT2D eigenvalue weighted by atomic mass is 9.97. The number of hydrogen-bond donors (Lipinski definition) is 2. The molecule has 0 aromatic carbocycles. The van der Waals surface area contributed by atoms with E-state index in [2.05, 4.69) is 5.32 Å². The van der Waals surface area contributed by atoms with Crippen molar-refractivity contribution in [3.8, 4) is 6.07 Å². The highest BCUT2D eigenvalue weighted by atomic mass is 16.1. The minimum Gasteiger partial charge on any atom is -0.369 e. The summed E-state index contributed by atoms with van der Waals surface area (Å²) in [6, 6.07) is 2.03. The van der Waals surface area contributed by atoms with E-state index in [-0.39, 0.29) is 17.7 Å². The van der Waals surface area contributed by atoms with Crippen molar-refractivity contribution in [1.82, 2.24) is 5.32 Å². The summed E-state index contributed by atoms with van der Waals surface area (Å²) >= 11 is 0. The van der Waals surface area contributed by atoms with E-state index in [0.29, 0.717) is 13.1 Å². The van der Waals surface area contributed by atoms with E-state index in [1.165, 1.54) is 0 Å². The van der Waals surface area contributed by atoms with Crippen LogP contribution in [0.1, 0.15) is 0 Å². The second-order valence-corrected chi connectivity index (χ2v) is 2.40. The van der Waals surface area contributed by atoms with Gasteiger partial charge in [-0.15, -0.1) is 0 Å². The molecule has 1 aliphatic rings. The molecular weight excluding hydrogens is 130 g/mol. The van der Waals surface area contributed by atoms with Crippen molar-refractivity contribution < 1.29 is 4.79 Å². The lowest BCUT2D eigenvalue weighted by Crippen LogP contribution is -2.28. The van der Waals surface area contributed by atoms with Gasteiger partial charge < -0.3 is 11.1 Å². The normalized spacial score (nSPS) is 31.5. The van der Waals surface area contributed by atoms with E-state index in [1.54, 1.807) is 0 Å². The van der Waals surface area contributed by atoms with Gasteiger partial charge in [-0.3, -0.25) is 4.79 Å². The molecule has 1 saturated heterocycles. The van der Waals surface area contributed by atoms with Crippen LogP contribution in [0, 0.1) is 23.2 Å². The number of carbonyl (C=O) groups is 1. The Labute approximate surface area is 59.0 Å². The first-order valence-corrected chi connectivity index (χ1v) is 3.15. The molecule has 0 aliphatic carbocycles. The monoisotopic (exact) mass is 139 g/mol. The van der Waals surface area contributed by atoms with Crippen molar-refractivity contribution in [1.29, 1.82) is 5.26 Å². The lowest BCUT2D eigenvalue weighted by Gasteiger charge is -2.04. The van der Waals surface area contributed by atoms with E-state index in [9.17, 15) is 4.79 Å². The molecule has 1 rings (SSSR count). The summed E-state index contributed by atoms with van der Waals surface area (Å²) in [4.78, 5) is 10.6. The third-order valence-corrected chi connectivity index (χ3v) is 1.75. The van der Waals surface area contributed by atoms with Gasteiger partial charge in [0.05, 0.1) is 17.9 Å². The lowest BCUT2D eigenvalue weighted by molar-refractivity contribution is -0.121. The van der Waals surface area contributed by atoms with Crippen LogP contribution in [0.25, 0.3) is 0 Å². The number of nitrogens with zero attached hydrogens (tertiary/aromatic N) is 1. The Kier molecular flexibility index (Phi) is 1.88. The number of nitrogens with one attached hydrogen (secondary N) is 1. The van der Waals surface area contributed by atoms with Gasteiger partial charge in [-0.25, -0.2) is 0 Å². The van der Waals surface area contributed by atoms with Crippen LogP contribution in [0.4, 0.5) is 0 Å². The van der Waals surface area contributed by atoms with Crippen LogP contribution in [0.3, 0.4) is 0 Å². The van der Waals surface area contributed by atoms with Gasteiger partial charge in [0.15, 0.2) is 0 Å². The molecule has 0 aromatic rings. The molecule has 3 N–H and O–H groups in total. The van der Waals surface area contributed by atoms with Gasteiger partial charge in [-0.1, -0.05) is 0 Å². The maximum Gasteiger partial charge on any atom is 0.223 e. The predicted molar refractivity (Wildman–Crippen MR) is 34.7 cm³/mol. The summed E-state index contributed by atoms with van der Waals surface area (Å²) in [5, 5.41) is 11.4. The molecule has 2 atom stereocenters. The average molecular weight is 139 g/mol. The Morgan fingerprint density at radius 3 is 2.80 bits per heavy atom. The van der Waals surface area contributed by atoms with Crippen LogP contribution >= 0.6 is 0 Å². The second kappa shape index (κ2) is 2.67. The number of hydrogen-bond acceptors (Lipinski definition) is 3. The van der Waals surface area contributed by atoms with Crippen LogP contribution in [-0.2, 0) is 4.79 Å². The molecule has 0 aromatic heterocycles. The Bertz CT molecular complexity index is 184. The summed E-state index contributed by atoms with van der Waals surface area (Å²) in [7, 11) is 0. The largest absolute Gasteiger partial charge is 0.369 e. The molecule has 10 heavy (non-hydrogen) atoms. The average Bonchev–Trinajstić information content (AvgIpc) is 2.33. The Morgan fingerprint density at radius 1 is 1.70 bits per heavy atom.